The number of aromatic nitrogens is 4. The summed E-state index contributed by atoms with van der Waals surface area (Å²) in [5, 5.41) is 1.16. The van der Waals surface area contributed by atoms with Gasteiger partial charge in [-0.2, -0.15) is 9.35 Å². The first-order chi connectivity index (χ1) is 12.6. The molecule has 8 heteroatoms. The third kappa shape index (κ3) is 2.89. The predicted octanol–water partition coefficient (Wildman–Crippen LogP) is 4.24. The van der Waals surface area contributed by atoms with Gasteiger partial charge in [0, 0.05) is 28.8 Å². The molecule has 2 aliphatic rings. The molecule has 1 saturated carbocycles. The van der Waals surface area contributed by atoms with Crippen LogP contribution in [0.4, 0.5) is 5.82 Å². The second-order valence-electron chi connectivity index (χ2n) is 6.93. The van der Waals surface area contributed by atoms with Crippen molar-refractivity contribution < 1.29 is 4.21 Å². The molecule has 0 spiro atoms. The Kier molecular flexibility index (Phi) is 3.76. The number of pyridine rings is 1. The van der Waals surface area contributed by atoms with Crippen LogP contribution in [0.2, 0.25) is 5.28 Å². The number of rotatable bonds is 3. The van der Waals surface area contributed by atoms with Crippen molar-refractivity contribution in [3.8, 4) is 5.82 Å². The first kappa shape index (κ1) is 16.2. The Balaban J connectivity index is 1.68. The molecule has 2 fully saturated rings. The number of fused-ring (bicyclic) bond motifs is 1. The summed E-state index contributed by atoms with van der Waals surface area (Å²) in [5.74, 6) is 3.11. The maximum atomic E-state index is 12.7. The van der Waals surface area contributed by atoms with E-state index < -0.39 is 9.73 Å². The van der Waals surface area contributed by atoms with Gasteiger partial charge in [0.2, 0.25) is 5.28 Å². The normalized spacial score (nSPS) is 19.1. The zero-order chi connectivity index (χ0) is 17.7. The molecule has 6 nitrogen and oxygen atoms in total. The lowest BCUT2D eigenvalue weighted by Gasteiger charge is -2.09. The minimum absolute atomic E-state index is 0.217. The molecule has 0 radical (unpaired) electrons. The lowest BCUT2D eigenvalue weighted by atomic mass is 10.3. The van der Waals surface area contributed by atoms with E-state index >= 15 is 0 Å². The zero-order valence-electron chi connectivity index (χ0n) is 14.1. The summed E-state index contributed by atoms with van der Waals surface area (Å²) in [6.45, 7) is 0. The minimum atomic E-state index is -2.15. The Morgan fingerprint density at radius 1 is 1.19 bits per heavy atom. The maximum absolute atomic E-state index is 12.7. The van der Waals surface area contributed by atoms with Gasteiger partial charge in [0.05, 0.1) is 9.73 Å². The van der Waals surface area contributed by atoms with Gasteiger partial charge in [-0.1, -0.05) is 6.07 Å². The highest BCUT2D eigenvalue weighted by atomic mass is 35.5. The molecule has 5 rings (SSSR count). The van der Waals surface area contributed by atoms with Crippen molar-refractivity contribution in [1.29, 1.82) is 0 Å². The summed E-state index contributed by atoms with van der Waals surface area (Å²) in [5.41, 5.74) is 1.92. The Morgan fingerprint density at radius 3 is 2.77 bits per heavy atom. The molecule has 0 bridgehead atoms. The highest BCUT2D eigenvalue weighted by Gasteiger charge is 2.29. The minimum Gasteiger partial charge on any atom is -0.282 e. The largest absolute Gasteiger partial charge is 0.282 e. The highest BCUT2D eigenvalue weighted by molar-refractivity contribution is 7.93. The van der Waals surface area contributed by atoms with Crippen molar-refractivity contribution in [2.45, 2.75) is 31.6 Å². The van der Waals surface area contributed by atoms with Crippen molar-refractivity contribution >= 4 is 38.2 Å². The standard InChI is InChI=1S/C18H18ClN5OS/c19-18-20-11-13-10-14(12-6-7-12)24(17(13)22-18)16-5-3-4-15(21-16)23-26(25)8-1-2-9-26/h3-5,10-12H,1-2,6-9H2. The Labute approximate surface area is 156 Å². The lowest BCUT2D eigenvalue weighted by Crippen LogP contribution is -2.04. The monoisotopic (exact) mass is 387 g/mol. The molecular weight excluding hydrogens is 370 g/mol. The molecule has 0 amide bonds. The van der Waals surface area contributed by atoms with Gasteiger partial charge in [-0.3, -0.25) is 4.57 Å². The van der Waals surface area contributed by atoms with E-state index in [-0.39, 0.29) is 5.28 Å². The molecule has 0 atom stereocenters. The van der Waals surface area contributed by atoms with Gasteiger partial charge in [-0.25, -0.2) is 14.2 Å². The molecule has 26 heavy (non-hydrogen) atoms. The van der Waals surface area contributed by atoms with E-state index in [9.17, 15) is 4.21 Å². The van der Waals surface area contributed by atoms with Gasteiger partial charge < -0.3 is 0 Å². The molecule has 0 unspecified atom stereocenters. The van der Waals surface area contributed by atoms with Gasteiger partial charge in [0.25, 0.3) is 0 Å². The van der Waals surface area contributed by atoms with Crippen LogP contribution in [0.25, 0.3) is 16.9 Å². The van der Waals surface area contributed by atoms with Crippen LogP contribution >= 0.6 is 11.6 Å². The highest BCUT2D eigenvalue weighted by Crippen LogP contribution is 2.43. The van der Waals surface area contributed by atoms with Crippen molar-refractivity contribution in [1.82, 2.24) is 19.5 Å². The molecule has 0 aromatic carbocycles. The molecule has 1 aliphatic heterocycles. The van der Waals surface area contributed by atoms with Crippen molar-refractivity contribution in [2.24, 2.45) is 4.36 Å². The fraction of sp³-hybridized carbons (Fsp3) is 0.389. The fourth-order valence-corrected chi connectivity index (χ4v) is 5.78. The third-order valence-electron chi connectivity index (χ3n) is 4.92. The molecule has 134 valence electrons. The van der Waals surface area contributed by atoms with E-state index in [1.165, 1.54) is 5.69 Å². The second kappa shape index (κ2) is 6.03. The van der Waals surface area contributed by atoms with Gasteiger partial charge in [0.1, 0.15) is 5.82 Å². The zero-order valence-corrected chi connectivity index (χ0v) is 15.7. The second-order valence-corrected chi connectivity index (χ2v) is 9.81. The van der Waals surface area contributed by atoms with Crippen molar-refractivity contribution in [3.63, 3.8) is 0 Å². The van der Waals surface area contributed by atoms with Gasteiger partial charge in [0.15, 0.2) is 11.5 Å². The van der Waals surface area contributed by atoms with Gasteiger partial charge in [-0.05, 0) is 61.4 Å². The molecule has 0 N–H and O–H groups in total. The van der Waals surface area contributed by atoms with E-state index in [4.69, 9.17) is 11.6 Å². The van der Waals surface area contributed by atoms with Crippen LogP contribution in [-0.2, 0) is 9.73 Å². The Hall–Kier alpha value is -1.99. The van der Waals surface area contributed by atoms with Crippen LogP contribution < -0.4 is 0 Å². The summed E-state index contributed by atoms with van der Waals surface area (Å²) < 4.78 is 19.3. The van der Waals surface area contributed by atoms with Crippen molar-refractivity contribution in [3.05, 3.63) is 41.4 Å². The van der Waals surface area contributed by atoms with Crippen LogP contribution in [0.3, 0.4) is 0 Å². The first-order valence-corrected chi connectivity index (χ1v) is 11.1. The molecule has 1 saturated heterocycles. The predicted molar refractivity (Wildman–Crippen MR) is 103 cm³/mol. The summed E-state index contributed by atoms with van der Waals surface area (Å²) in [7, 11) is -2.15. The van der Waals surface area contributed by atoms with E-state index in [0.717, 1.165) is 42.5 Å². The van der Waals surface area contributed by atoms with Crippen molar-refractivity contribution in [2.75, 3.05) is 11.5 Å². The number of halogens is 1. The maximum Gasteiger partial charge on any atom is 0.224 e. The van der Waals surface area contributed by atoms with Crippen LogP contribution in [0.1, 0.15) is 37.3 Å². The van der Waals surface area contributed by atoms with Crippen LogP contribution in [0, 0.1) is 0 Å². The van der Waals surface area contributed by atoms with Crippen LogP contribution in [-0.4, -0.2) is 35.2 Å². The molecule has 1 aliphatic carbocycles. The first-order valence-electron chi connectivity index (χ1n) is 8.85. The van der Waals surface area contributed by atoms with Crippen LogP contribution in [0.15, 0.2) is 34.8 Å². The Morgan fingerprint density at radius 2 is 2.00 bits per heavy atom. The number of hydrogen-bond donors (Lipinski definition) is 0. The van der Waals surface area contributed by atoms with Gasteiger partial charge in [-0.15, -0.1) is 0 Å². The molecule has 3 aromatic heterocycles. The quantitative estimate of drug-likeness (QED) is 0.630. The molecule has 4 heterocycles. The average molecular weight is 388 g/mol. The van der Waals surface area contributed by atoms with Crippen LogP contribution in [0.5, 0.6) is 0 Å². The summed E-state index contributed by atoms with van der Waals surface area (Å²) >= 11 is 6.03. The van der Waals surface area contributed by atoms with E-state index in [0.29, 0.717) is 23.2 Å². The SMILES string of the molecule is O=S1(=Nc2cccc(-n3c(C4CC4)cc4cnc(Cl)nc43)n2)CCCC1. The fourth-order valence-electron chi connectivity index (χ4n) is 3.52. The van der Waals surface area contributed by atoms with E-state index in [2.05, 4.69) is 25.4 Å². The van der Waals surface area contributed by atoms with E-state index in [1.807, 2.05) is 22.8 Å². The third-order valence-corrected chi connectivity index (χ3v) is 7.48. The smallest absolute Gasteiger partial charge is 0.224 e. The van der Waals surface area contributed by atoms with E-state index in [1.54, 1.807) is 6.20 Å². The average Bonchev–Trinajstić information content (AvgIpc) is 3.28. The summed E-state index contributed by atoms with van der Waals surface area (Å²) in [6, 6.07) is 7.77. The topological polar surface area (TPSA) is 73.0 Å². The summed E-state index contributed by atoms with van der Waals surface area (Å²) in [4.78, 5) is 13.2. The summed E-state index contributed by atoms with van der Waals surface area (Å²) in [6.07, 6.45) is 6.03. The number of nitrogens with zero attached hydrogens (tertiary/aromatic N) is 5. The Bertz CT molecular complexity index is 1120. The van der Waals surface area contributed by atoms with Gasteiger partial charge >= 0.3 is 0 Å². The molecular formula is C18H18ClN5OS. The molecule has 3 aromatic rings. The number of hydrogen-bond acceptors (Lipinski definition) is 5. The lowest BCUT2D eigenvalue weighted by molar-refractivity contribution is 0.681.